The largest absolute Gasteiger partial charge is 0.321 e. The number of hydrogen-bond acceptors (Lipinski definition) is 4. The number of aryl methyl sites for hydroxylation is 1. The highest BCUT2D eigenvalue weighted by Crippen LogP contribution is 2.35. The van der Waals surface area contributed by atoms with Gasteiger partial charge in [0.25, 0.3) is 11.8 Å². The number of nitrogens with one attached hydrogen (secondary N) is 1. The first-order chi connectivity index (χ1) is 12.1. The number of anilines is 2. The first-order valence-corrected chi connectivity index (χ1v) is 8.35. The molecule has 1 aliphatic heterocycles. The summed E-state index contributed by atoms with van der Waals surface area (Å²) in [7, 11) is 0. The van der Waals surface area contributed by atoms with Crippen molar-refractivity contribution in [1.82, 2.24) is 4.98 Å². The standard InChI is InChI=1S/C19H18N4O2/c1-12-4-2-3-5-15(12)19(25)21-14-8-9-17(20-11-14)23-18(24)10-16(22-23)13-6-7-13/h2-5,8-9,11,13H,6-7,10H2,1H3,(H,21,25). The van der Waals surface area contributed by atoms with E-state index in [1.165, 1.54) is 5.01 Å². The second-order valence-electron chi connectivity index (χ2n) is 6.42. The maximum absolute atomic E-state index is 12.3. The topological polar surface area (TPSA) is 74.7 Å². The molecule has 1 aliphatic carbocycles. The molecule has 1 aromatic carbocycles. The lowest BCUT2D eigenvalue weighted by molar-refractivity contribution is -0.117. The second kappa shape index (κ2) is 6.12. The summed E-state index contributed by atoms with van der Waals surface area (Å²) in [5.41, 5.74) is 3.08. The molecular weight excluding hydrogens is 316 g/mol. The third kappa shape index (κ3) is 3.15. The van der Waals surface area contributed by atoms with Gasteiger partial charge in [-0.2, -0.15) is 10.1 Å². The first kappa shape index (κ1) is 15.5. The second-order valence-corrected chi connectivity index (χ2v) is 6.42. The summed E-state index contributed by atoms with van der Waals surface area (Å²) in [5.74, 6) is 0.723. The van der Waals surface area contributed by atoms with Gasteiger partial charge in [0.1, 0.15) is 0 Å². The number of aromatic nitrogens is 1. The summed E-state index contributed by atoms with van der Waals surface area (Å²) in [6.07, 6.45) is 4.18. The van der Waals surface area contributed by atoms with E-state index in [2.05, 4.69) is 15.4 Å². The molecule has 0 unspecified atom stereocenters. The van der Waals surface area contributed by atoms with E-state index < -0.39 is 0 Å². The van der Waals surface area contributed by atoms with Gasteiger partial charge in [0.15, 0.2) is 5.82 Å². The van der Waals surface area contributed by atoms with Crippen LogP contribution in [0.3, 0.4) is 0 Å². The van der Waals surface area contributed by atoms with Crippen LogP contribution in [0.15, 0.2) is 47.7 Å². The summed E-state index contributed by atoms with van der Waals surface area (Å²) in [4.78, 5) is 28.7. The van der Waals surface area contributed by atoms with Gasteiger partial charge < -0.3 is 5.32 Å². The van der Waals surface area contributed by atoms with Gasteiger partial charge in [-0.05, 0) is 49.4 Å². The molecule has 0 saturated heterocycles. The molecule has 4 rings (SSSR count). The van der Waals surface area contributed by atoms with E-state index in [0.29, 0.717) is 29.4 Å². The molecule has 1 fully saturated rings. The highest BCUT2D eigenvalue weighted by atomic mass is 16.2. The molecule has 1 N–H and O–H groups in total. The summed E-state index contributed by atoms with van der Waals surface area (Å²) >= 11 is 0. The summed E-state index contributed by atoms with van der Waals surface area (Å²) in [5, 5.41) is 8.59. The lowest BCUT2D eigenvalue weighted by Gasteiger charge is -2.12. The van der Waals surface area contributed by atoms with Crippen molar-refractivity contribution in [3.63, 3.8) is 0 Å². The van der Waals surface area contributed by atoms with Crippen LogP contribution in [0.5, 0.6) is 0 Å². The third-order valence-electron chi connectivity index (χ3n) is 4.46. The Morgan fingerprint density at radius 2 is 2.00 bits per heavy atom. The Hall–Kier alpha value is -3.02. The minimum atomic E-state index is -0.182. The molecule has 2 amide bonds. The SMILES string of the molecule is Cc1ccccc1C(=O)Nc1ccc(N2N=C(C3CC3)CC2=O)nc1. The summed E-state index contributed by atoms with van der Waals surface area (Å²) in [6, 6.07) is 10.8. The number of carbonyl (C=O) groups excluding carboxylic acids is 2. The molecule has 0 bridgehead atoms. The van der Waals surface area contributed by atoms with Crippen molar-refractivity contribution < 1.29 is 9.59 Å². The number of rotatable bonds is 4. The van der Waals surface area contributed by atoms with E-state index in [1.807, 2.05) is 25.1 Å². The lowest BCUT2D eigenvalue weighted by Crippen LogP contribution is -2.20. The quantitative estimate of drug-likeness (QED) is 0.933. The predicted molar refractivity (Wildman–Crippen MR) is 95.6 cm³/mol. The van der Waals surface area contributed by atoms with Gasteiger partial charge in [-0.25, -0.2) is 4.98 Å². The van der Waals surface area contributed by atoms with Crippen molar-refractivity contribution >= 4 is 29.0 Å². The average molecular weight is 334 g/mol. The number of hydrazone groups is 1. The zero-order valence-electron chi connectivity index (χ0n) is 13.9. The molecule has 0 atom stereocenters. The van der Waals surface area contributed by atoms with Crippen LogP contribution in [0.1, 0.15) is 35.2 Å². The average Bonchev–Trinajstić information content (AvgIpc) is 3.39. The molecule has 0 radical (unpaired) electrons. The van der Waals surface area contributed by atoms with Crippen LogP contribution in [0, 0.1) is 12.8 Å². The zero-order chi connectivity index (χ0) is 17.4. The van der Waals surface area contributed by atoms with Crippen molar-refractivity contribution in [3.8, 4) is 0 Å². The van der Waals surface area contributed by atoms with E-state index in [9.17, 15) is 9.59 Å². The molecule has 25 heavy (non-hydrogen) atoms. The Bertz CT molecular complexity index is 869. The fourth-order valence-corrected chi connectivity index (χ4v) is 2.88. The highest BCUT2D eigenvalue weighted by Gasteiger charge is 2.35. The van der Waals surface area contributed by atoms with Crippen molar-refractivity contribution in [2.45, 2.75) is 26.2 Å². The Morgan fingerprint density at radius 1 is 1.20 bits per heavy atom. The van der Waals surface area contributed by atoms with Gasteiger partial charge in [-0.15, -0.1) is 0 Å². The number of carbonyl (C=O) groups is 2. The number of benzene rings is 1. The molecule has 1 aromatic heterocycles. The molecule has 126 valence electrons. The number of nitrogens with zero attached hydrogens (tertiary/aromatic N) is 3. The van der Waals surface area contributed by atoms with Crippen molar-refractivity contribution in [1.29, 1.82) is 0 Å². The molecule has 2 aromatic rings. The molecule has 1 saturated carbocycles. The van der Waals surface area contributed by atoms with Crippen LogP contribution in [-0.2, 0) is 4.79 Å². The monoisotopic (exact) mass is 334 g/mol. The Kier molecular flexibility index (Phi) is 3.80. The Morgan fingerprint density at radius 3 is 2.68 bits per heavy atom. The van der Waals surface area contributed by atoms with Gasteiger partial charge in [0, 0.05) is 5.56 Å². The fraction of sp³-hybridized carbons (Fsp3) is 0.263. The highest BCUT2D eigenvalue weighted by molar-refractivity contribution is 6.14. The smallest absolute Gasteiger partial charge is 0.255 e. The summed E-state index contributed by atoms with van der Waals surface area (Å²) in [6.45, 7) is 1.89. The van der Waals surface area contributed by atoms with Crippen molar-refractivity contribution in [3.05, 3.63) is 53.7 Å². The number of amides is 2. The number of hydrogen-bond donors (Lipinski definition) is 1. The van der Waals surface area contributed by atoms with Gasteiger partial charge in [0.2, 0.25) is 0 Å². The van der Waals surface area contributed by atoms with Crippen LogP contribution in [-0.4, -0.2) is 22.5 Å². The van der Waals surface area contributed by atoms with Crippen LogP contribution >= 0.6 is 0 Å². The minimum absolute atomic E-state index is 0.0499. The van der Waals surface area contributed by atoms with E-state index in [1.54, 1.807) is 24.4 Å². The van der Waals surface area contributed by atoms with E-state index in [4.69, 9.17) is 0 Å². The Balaban J connectivity index is 1.48. The van der Waals surface area contributed by atoms with Gasteiger partial charge in [0.05, 0.1) is 24.0 Å². The van der Waals surface area contributed by atoms with Crippen LogP contribution in [0.4, 0.5) is 11.5 Å². The molecule has 6 heteroatoms. The zero-order valence-corrected chi connectivity index (χ0v) is 13.9. The fourth-order valence-electron chi connectivity index (χ4n) is 2.88. The molecule has 2 aliphatic rings. The van der Waals surface area contributed by atoms with Crippen molar-refractivity contribution in [2.75, 3.05) is 10.3 Å². The van der Waals surface area contributed by atoms with Crippen LogP contribution in [0.25, 0.3) is 0 Å². The molecular formula is C19H18N4O2. The van der Waals surface area contributed by atoms with E-state index in [-0.39, 0.29) is 11.8 Å². The predicted octanol–water partition coefficient (Wildman–Crippen LogP) is 3.15. The van der Waals surface area contributed by atoms with Crippen LogP contribution in [0.2, 0.25) is 0 Å². The normalized spacial score (nSPS) is 16.8. The number of pyridine rings is 1. The maximum atomic E-state index is 12.3. The molecule has 2 heterocycles. The van der Waals surface area contributed by atoms with Gasteiger partial charge >= 0.3 is 0 Å². The third-order valence-corrected chi connectivity index (χ3v) is 4.46. The summed E-state index contributed by atoms with van der Waals surface area (Å²) < 4.78 is 0. The maximum Gasteiger partial charge on any atom is 0.255 e. The minimum Gasteiger partial charge on any atom is -0.321 e. The Labute approximate surface area is 145 Å². The van der Waals surface area contributed by atoms with Gasteiger partial charge in [-0.1, -0.05) is 18.2 Å². The van der Waals surface area contributed by atoms with E-state index in [0.717, 1.165) is 24.1 Å². The van der Waals surface area contributed by atoms with Crippen molar-refractivity contribution in [2.24, 2.45) is 11.0 Å². The van der Waals surface area contributed by atoms with Gasteiger partial charge in [-0.3, -0.25) is 9.59 Å². The van der Waals surface area contributed by atoms with Crippen LogP contribution < -0.4 is 10.3 Å². The molecule has 0 spiro atoms. The first-order valence-electron chi connectivity index (χ1n) is 8.35. The lowest BCUT2D eigenvalue weighted by atomic mass is 10.1. The van der Waals surface area contributed by atoms with E-state index >= 15 is 0 Å². The molecule has 6 nitrogen and oxygen atoms in total.